The number of carbonyl (C=O) groups excluding carboxylic acids is 1. The predicted octanol–water partition coefficient (Wildman–Crippen LogP) is 20.4. The van der Waals surface area contributed by atoms with E-state index in [1.165, 1.54) is 173 Å². The molecule has 406 valence electrons. The maximum Gasteiger partial charge on any atom is 0.220 e. The molecule has 0 rings (SSSR count). The number of carbonyl (C=O) groups is 1. The molecule has 2 unspecified atom stereocenters. The molecule has 0 spiro atoms. The molecule has 0 bridgehead atoms. The third-order valence-corrected chi connectivity index (χ3v) is 13.2. The van der Waals surface area contributed by atoms with Gasteiger partial charge in [0.15, 0.2) is 0 Å². The van der Waals surface area contributed by atoms with E-state index in [0.29, 0.717) is 6.42 Å². The molecule has 4 nitrogen and oxygen atoms in total. The van der Waals surface area contributed by atoms with E-state index in [2.05, 4.69) is 129 Å². The van der Waals surface area contributed by atoms with Crippen LogP contribution in [0.25, 0.3) is 0 Å². The molecule has 1 amide bonds. The second-order valence-electron chi connectivity index (χ2n) is 20.0. The lowest BCUT2D eigenvalue weighted by atomic mass is 10.0. The minimum Gasteiger partial charge on any atom is -0.394 e. The van der Waals surface area contributed by atoms with Gasteiger partial charge in [-0.2, -0.15) is 0 Å². The molecule has 0 radical (unpaired) electrons. The fraction of sp³-hybridized carbons (Fsp3) is 0.687. The molecule has 0 aromatic heterocycles. The van der Waals surface area contributed by atoms with Crippen LogP contribution in [0.1, 0.15) is 277 Å². The lowest BCUT2D eigenvalue weighted by Crippen LogP contribution is -2.45. The van der Waals surface area contributed by atoms with Gasteiger partial charge in [-0.3, -0.25) is 4.79 Å². The van der Waals surface area contributed by atoms with Crippen LogP contribution in [0, 0.1) is 0 Å². The van der Waals surface area contributed by atoms with Crippen molar-refractivity contribution in [3.8, 4) is 0 Å². The van der Waals surface area contributed by atoms with E-state index >= 15 is 0 Å². The van der Waals surface area contributed by atoms with Crippen molar-refractivity contribution in [2.45, 2.75) is 289 Å². The Morgan fingerprint density at radius 2 is 0.620 bits per heavy atom. The van der Waals surface area contributed by atoms with E-state index in [1.807, 2.05) is 6.08 Å². The van der Waals surface area contributed by atoms with E-state index in [9.17, 15) is 15.0 Å². The maximum absolute atomic E-state index is 12.5. The Balaban J connectivity index is 3.63. The van der Waals surface area contributed by atoms with Crippen LogP contribution in [-0.2, 0) is 4.79 Å². The first kappa shape index (κ1) is 67.8. The van der Waals surface area contributed by atoms with Gasteiger partial charge in [0.2, 0.25) is 5.91 Å². The zero-order chi connectivity index (χ0) is 51.3. The van der Waals surface area contributed by atoms with Gasteiger partial charge in [0.05, 0.1) is 18.8 Å². The molecule has 3 N–H and O–H groups in total. The largest absolute Gasteiger partial charge is 0.394 e. The van der Waals surface area contributed by atoms with Crippen molar-refractivity contribution < 1.29 is 15.0 Å². The second-order valence-corrected chi connectivity index (χ2v) is 20.0. The van der Waals surface area contributed by atoms with Crippen LogP contribution in [0.5, 0.6) is 0 Å². The van der Waals surface area contributed by atoms with Crippen molar-refractivity contribution in [3.05, 3.63) is 122 Å². The van der Waals surface area contributed by atoms with Crippen molar-refractivity contribution >= 4 is 5.91 Å². The molecule has 0 saturated carbocycles. The average Bonchev–Trinajstić information content (AvgIpc) is 3.37. The standard InChI is InChI=1S/C67H115NO3/c1-3-5-7-9-11-13-15-17-19-21-23-25-27-29-31-33-35-36-38-40-42-44-46-48-50-52-54-56-58-60-62-66(70)65(64-69)68-67(71)63-61-59-57-55-53-51-49-47-45-43-41-39-37-34-32-30-28-26-24-22-20-18-16-14-12-10-8-6-4-2/h6,8,12,14,18,20,24,26,30,32,37,39,43,45,49,51,55,57,60,62,65-66,69-70H,3-5,7,9-11,13,15-17,19,21-23,25,27-29,31,33-36,38,40-42,44,46-48,50,52-54,56,58-59,61,63-64H2,1-2H3,(H,68,71)/b8-6-,14-12-,20-18-,26-24-,32-30-,39-37-,45-43-,51-49-,57-55-,62-60+. The van der Waals surface area contributed by atoms with Crippen molar-refractivity contribution in [3.63, 3.8) is 0 Å². The molecule has 0 aliphatic rings. The Kier molecular flexibility index (Phi) is 58.3. The molecule has 4 heteroatoms. The van der Waals surface area contributed by atoms with Crippen molar-refractivity contribution in [1.82, 2.24) is 5.32 Å². The molecule has 0 fully saturated rings. The third-order valence-electron chi connectivity index (χ3n) is 13.2. The summed E-state index contributed by atoms with van der Waals surface area (Å²) in [5.74, 6) is -0.124. The second kappa shape index (κ2) is 61.1. The van der Waals surface area contributed by atoms with Gasteiger partial charge < -0.3 is 15.5 Å². The highest BCUT2D eigenvalue weighted by atomic mass is 16.3. The highest BCUT2D eigenvalue weighted by Gasteiger charge is 2.17. The molecule has 0 saturated heterocycles. The summed E-state index contributed by atoms with van der Waals surface area (Å²) in [6.07, 6.45) is 93.8. The van der Waals surface area contributed by atoms with Crippen molar-refractivity contribution in [2.75, 3.05) is 6.61 Å². The van der Waals surface area contributed by atoms with Crippen molar-refractivity contribution in [1.29, 1.82) is 0 Å². The minimum absolute atomic E-state index is 0.124. The first-order valence-corrected chi connectivity index (χ1v) is 30.2. The van der Waals surface area contributed by atoms with Crippen LogP contribution in [0.15, 0.2) is 122 Å². The fourth-order valence-corrected chi connectivity index (χ4v) is 8.65. The van der Waals surface area contributed by atoms with Gasteiger partial charge in [0, 0.05) is 6.42 Å². The topological polar surface area (TPSA) is 69.6 Å². The lowest BCUT2D eigenvalue weighted by molar-refractivity contribution is -0.122. The molecular formula is C67H115NO3. The Morgan fingerprint density at radius 1 is 0.352 bits per heavy atom. The summed E-state index contributed by atoms with van der Waals surface area (Å²) < 4.78 is 0. The number of unbranched alkanes of at least 4 members (excludes halogenated alkanes) is 29. The van der Waals surface area contributed by atoms with Crippen LogP contribution in [-0.4, -0.2) is 34.9 Å². The zero-order valence-electron chi connectivity index (χ0n) is 46.7. The molecule has 71 heavy (non-hydrogen) atoms. The van der Waals surface area contributed by atoms with E-state index in [0.717, 1.165) is 83.5 Å². The number of nitrogens with one attached hydrogen (secondary N) is 1. The van der Waals surface area contributed by atoms with Crippen LogP contribution in [0.4, 0.5) is 0 Å². The Morgan fingerprint density at radius 3 is 0.915 bits per heavy atom. The highest BCUT2D eigenvalue weighted by molar-refractivity contribution is 5.76. The number of rotatable bonds is 54. The zero-order valence-corrected chi connectivity index (χ0v) is 46.7. The lowest BCUT2D eigenvalue weighted by Gasteiger charge is -2.19. The molecule has 0 aromatic rings. The number of allylic oxidation sites excluding steroid dienone is 19. The third kappa shape index (κ3) is 57.6. The quantitative estimate of drug-likeness (QED) is 0.0420. The summed E-state index contributed by atoms with van der Waals surface area (Å²) in [7, 11) is 0. The first-order valence-electron chi connectivity index (χ1n) is 30.2. The number of hydrogen-bond donors (Lipinski definition) is 3. The fourth-order valence-electron chi connectivity index (χ4n) is 8.65. The van der Waals surface area contributed by atoms with Crippen molar-refractivity contribution in [2.24, 2.45) is 0 Å². The van der Waals surface area contributed by atoms with Gasteiger partial charge >= 0.3 is 0 Å². The van der Waals surface area contributed by atoms with E-state index in [-0.39, 0.29) is 12.5 Å². The van der Waals surface area contributed by atoms with E-state index in [4.69, 9.17) is 0 Å². The van der Waals surface area contributed by atoms with E-state index in [1.54, 1.807) is 6.08 Å². The average molecular weight is 983 g/mol. The monoisotopic (exact) mass is 982 g/mol. The smallest absolute Gasteiger partial charge is 0.220 e. The Hall–Kier alpha value is -3.21. The molecule has 2 atom stereocenters. The number of amides is 1. The Labute approximate surface area is 441 Å². The SMILES string of the molecule is CC/C=C\C/C=C\C/C=C\C/C=C\C/C=C\C/C=C\C/C=C\C/C=C\C/C=C\CCCC(=O)NC(CO)C(O)/C=C/CCCCCCCCCCCCCCCCCCCCCCCCCCCCCC. The number of hydrogen-bond acceptors (Lipinski definition) is 3. The maximum atomic E-state index is 12.5. The van der Waals surface area contributed by atoms with Gasteiger partial charge in [-0.15, -0.1) is 0 Å². The van der Waals surface area contributed by atoms with Crippen LogP contribution >= 0.6 is 0 Å². The summed E-state index contributed by atoms with van der Waals surface area (Å²) in [5.41, 5.74) is 0. The van der Waals surface area contributed by atoms with E-state index < -0.39 is 12.1 Å². The summed E-state index contributed by atoms with van der Waals surface area (Å²) >= 11 is 0. The summed E-state index contributed by atoms with van der Waals surface area (Å²) in [5, 5.41) is 23.2. The molecule has 0 aliphatic carbocycles. The van der Waals surface area contributed by atoms with Gasteiger partial charge in [0.25, 0.3) is 0 Å². The van der Waals surface area contributed by atoms with Crippen LogP contribution < -0.4 is 5.32 Å². The van der Waals surface area contributed by atoms with Gasteiger partial charge in [-0.1, -0.05) is 309 Å². The summed E-state index contributed by atoms with van der Waals surface area (Å²) in [6.45, 7) is 4.19. The van der Waals surface area contributed by atoms with Crippen LogP contribution in [0.2, 0.25) is 0 Å². The molecular weight excluding hydrogens is 867 g/mol. The van der Waals surface area contributed by atoms with Gasteiger partial charge in [-0.25, -0.2) is 0 Å². The van der Waals surface area contributed by atoms with Crippen LogP contribution in [0.3, 0.4) is 0 Å². The van der Waals surface area contributed by atoms with Gasteiger partial charge in [-0.05, 0) is 83.5 Å². The predicted molar refractivity (Wildman–Crippen MR) is 317 cm³/mol. The molecule has 0 aliphatic heterocycles. The summed E-state index contributed by atoms with van der Waals surface area (Å²) in [6, 6.07) is -0.664. The number of aliphatic hydroxyl groups excluding tert-OH is 2. The highest BCUT2D eigenvalue weighted by Crippen LogP contribution is 2.17. The summed E-state index contributed by atoms with van der Waals surface area (Å²) in [4.78, 5) is 12.5. The molecule has 0 aromatic carbocycles. The number of aliphatic hydroxyl groups is 2. The first-order chi connectivity index (χ1) is 35.2. The Bertz CT molecular complexity index is 1390. The van der Waals surface area contributed by atoms with Gasteiger partial charge in [0.1, 0.15) is 0 Å². The minimum atomic E-state index is -0.874. The molecule has 0 heterocycles. The normalized spacial score (nSPS) is 13.7.